The van der Waals surface area contributed by atoms with E-state index in [-0.39, 0.29) is 24.3 Å². The van der Waals surface area contributed by atoms with Crippen molar-refractivity contribution in [2.75, 3.05) is 19.6 Å². The Balaban J connectivity index is 4.54. The van der Waals surface area contributed by atoms with Crippen molar-refractivity contribution in [1.29, 1.82) is 0 Å². The van der Waals surface area contributed by atoms with Crippen LogP contribution in [0.3, 0.4) is 0 Å². The third-order valence-corrected chi connectivity index (χ3v) is 2.42. The highest BCUT2D eigenvalue weighted by molar-refractivity contribution is 5.85. The molecule has 0 aromatic carbocycles. The molecule has 1 unspecified atom stereocenters. The van der Waals surface area contributed by atoms with Gasteiger partial charge in [0.25, 0.3) is 0 Å². The molecule has 0 rings (SSSR count). The van der Waals surface area contributed by atoms with Crippen LogP contribution in [0, 0.1) is 11.8 Å². The molecule has 0 radical (unpaired) electrons. The lowest BCUT2D eigenvalue weighted by atomic mass is 9.94. The van der Waals surface area contributed by atoms with Crippen molar-refractivity contribution in [3.05, 3.63) is 0 Å². The molecule has 0 spiro atoms. The van der Waals surface area contributed by atoms with E-state index in [2.05, 4.69) is 0 Å². The molecule has 0 heterocycles. The second kappa shape index (κ2) is 6.40. The van der Waals surface area contributed by atoms with Gasteiger partial charge in [-0.1, -0.05) is 13.8 Å². The van der Waals surface area contributed by atoms with Crippen LogP contribution in [0.4, 0.5) is 0 Å². The van der Waals surface area contributed by atoms with Crippen molar-refractivity contribution in [3.63, 3.8) is 0 Å². The lowest BCUT2D eigenvalue weighted by Crippen LogP contribution is -2.44. The van der Waals surface area contributed by atoms with E-state index in [0.717, 1.165) is 0 Å². The van der Waals surface area contributed by atoms with Gasteiger partial charge < -0.3 is 16.4 Å². The number of likely N-dealkylation sites (N-methyl/N-ethyl adjacent to an activating group) is 1. The Morgan fingerprint density at radius 1 is 1.33 bits per heavy atom. The van der Waals surface area contributed by atoms with Crippen molar-refractivity contribution in [2.24, 2.45) is 23.3 Å². The summed E-state index contributed by atoms with van der Waals surface area (Å²) in [6, 6.07) is 0. The number of hydrogen-bond donors (Lipinski definition) is 2. The molecule has 15 heavy (non-hydrogen) atoms. The number of carbonyl (C=O) groups is 2. The smallest absolute Gasteiger partial charge is 0.237 e. The molecule has 2 amide bonds. The topological polar surface area (TPSA) is 89.4 Å². The fourth-order valence-electron chi connectivity index (χ4n) is 1.43. The minimum absolute atomic E-state index is 0.0292. The maximum absolute atomic E-state index is 11.9. The highest BCUT2D eigenvalue weighted by Crippen LogP contribution is 2.12. The number of nitrogens with zero attached hydrogens (tertiary/aromatic N) is 1. The van der Waals surface area contributed by atoms with Crippen LogP contribution in [0.5, 0.6) is 0 Å². The number of hydrogen-bond acceptors (Lipinski definition) is 3. The quantitative estimate of drug-likeness (QED) is 0.629. The van der Waals surface area contributed by atoms with Gasteiger partial charge in [-0.05, 0) is 12.8 Å². The molecule has 5 nitrogen and oxygen atoms in total. The zero-order valence-corrected chi connectivity index (χ0v) is 9.69. The van der Waals surface area contributed by atoms with E-state index in [1.54, 1.807) is 0 Å². The molecular weight excluding hydrogens is 194 g/mol. The van der Waals surface area contributed by atoms with Gasteiger partial charge >= 0.3 is 0 Å². The molecule has 0 aliphatic rings. The zero-order valence-electron chi connectivity index (χ0n) is 9.69. The van der Waals surface area contributed by atoms with E-state index in [0.29, 0.717) is 13.1 Å². The first-order chi connectivity index (χ1) is 6.93. The van der Waals surface area contributed by atoms with Crippen LogP contribution in [-0.4, -0.2) is 36.3 Å². The van der Waals surface area contributed by atoms with E-state index >= 15 is 0 Å². The van der Waals surface area contributed by atoms with Gasteiger partial charge in [0.1, 0.15) is 0 Å². The van der Waals surface area contributed by atoms with E-state index in [1.807, 2.05) is 20.8 Å². The van der Waals surface area contributed by atoms with Crippen LogP contribution in [0.15, 0.2) is 0 Å². The number of amides is 2. The average Bonchev–Trinajstić information content (AvgIpc) is 2.14. The Labute approximate surface area is 90.8 Å². The van der Waals surface area contributed by atoms with Crippen molar-refractivity contribution < 1.29 is 9.59 Å². The molecule has 0 aromatic rings. The standard InChI is InChI=1S/C10H21N3O2/c1-4-13(6-9(12)14)10(15)8(5-11)7(2)3/h7-8H,4-6,11H2,1-3H3,(H2,12,14). The average molecular weight is 215 g/mol. The summed E-state index contributed by atoms with van der Waals surface area (Å²) < 4.78 is 0. The van der Waals surface area contributed by atoms with Gasteiger partial charge in [0.15, 0.2) is 0 Å². The van der Waals surface area contributed by atoms with Gasteiger partial charge in [-0.25, -0.2) is 0 Å². The molecule has 0 aliphatic carbocycles. The van der Waals surface area contributed by atoms with Crippen LogP contribution < -0.4 is 11.5 Å². The Kier molecular flexibility index (Phi) is 5.93. The van der Waals surface area contributed by atoms with Gasteiger partial charge in [-0.15, -0.1) is 0 Å². The normalized spacial score (nSPS) is 12.6. The van der Waals surface area contributed by atoms with Crippen LogP contribution in [0.1, 0.15) is 20.8 Å². The summed E-state index contributed by atoms with van der Waals surface area (Å²) in [5, 5.41) is 0. The molecule has 0 saturated heterocycles. The van der Waals surface area contributed by atoms with E-state index in [4.69, 9.17) is 11.5 Å². The van der Waals surface area contributed by atoms with Gasteiger partial charge in [0.05, 0.1) is 12.5 Å². The molecule has 0 bridgehead atoms. The van der Waals surface area contributed by atoms with Crippen molar-refractivity contribution >= 4 is 11.8 Å². The van der Waals surface area contributed by atoms with Crippen LogP contribution in [-0.2, 0) is 9.59 Å². The molecule has 4 N–H and O–H groups in total. The fraction of sp³-hybridized carbons (Fsp3) is 0.800. The highest BCUT2D eigenvalue weighted by atomic mass is 16.2. The van der Waals surface area contributed by atoms with Crippen molar-refractivity contribution in [3.8, 4) is 0 Å². The zero-order chi connectivity index (χ0) is 12.0. The maximum atomic E-state index is 11.9. The summed E-state index contributed by atoms with van der Waals surface area (Å²) in [6.07, 6.45) is 0. The summed E-state index contributed by atoms with van der Waals surface area (Å²) in [5.74, 6) is -0.646. The summed E-state index contributed by atoms with van der Waals surface area (Å²) >= 11 is 0. The maximum Gasteiger partial charge on any atom is 0.237 e. The highest BCUT2D eigenvalue weighted by Gasteiger charge is 2.25. The van der Waals surface area contributed by atoms with Gasteiger partial charge in [-0.2, -0.15) is 0 Å². The van der Waals surface area contributed by atoms with E-state index in [9.17, 15) is 9.59 Å². The minimum atomic E-state index is -0.496. The summed E-state index contributed by atoms with van der Waals surface area (Å²) in [4.78, 5) is 24.1. The fourth-order valence-corrected chi connectivity index (χ4v) is 1.43. The molecule has 88 valence electrons. The molecule has 0 aromatic heterocycles. The molecular formula is C10H21N3O2. The lowest BCUT2D eigenvalue weighted by Gasteiger charge is -2.26. The summed E-state index contributed by atoms with van der Waals surface area (Å²) in [6.45, 7) is 6.44. The SMILES string of the molecule is CCN(CC(N)=O)C(=O)C(CN)C(C)C. The lowest BCUT2D eigenvalue weighted by molar-refractivity contribution is -0.139. The first-order valence-corrected chi connectivity index (χ1v) is 5.21. The van der Waals surface area contributed by atoms with Crippen molar-refractivity contribution in [1.82, 2.24) is 4.90 Å². The second-order valence-corrected chi connectivity index (χ2v) is 3.90. The van der Waals surface area contributed by atoms with Gasteiger partial charge in [-0.3, -0.25) is 9.59 Å². The summed E-state index contributed by atoms with van der Waals surface area (Å²) in [7, 11) is 0. The van der Waals surface area contributed by atoms with Crippen LogP contribution >= 0.6 is 0 Å². The first-order valence-electron chi connectivity index (χ1n) is 5.21. The number of primary amides is 1. The third kappa shape index (κ3) is 4.29. The minimum Gasteiger partial charge on any atom is -0.368 e. The Hall–Kier alpha value is -1.10. The Morgan fingerprint density at radius 3 is 2.13 bits per heavy atom. The van der Waals surface area contributed by atoms with Crippen molar-refractivity contribution in [2.45, 2.75) is 20.8 Å². The van der Waals surface area contributed by atoms with Crippen LogP contribution in [0.25, 0.3) is 0 Å². The summed E-state index contributed by atoms with van der Waals surface area (Å²) in [5.41, 5.74) is 10.6. The van der Waals surface area contributed by atoms with Gasteiger partial charge in [0.2, 0.25) is 11.8 Å². The van der Waals surface area contributed by atoms with E-state index in [1.165, 1.54) is 4.90 Å². The predicted octanol–water partition coefficient (Wildman–Crippen LogP) is -0.449. The van der Waals surface area contributed by atoms with Crippen LogP contribution in [0.2, 0.25) is 0 Å². The number of carbonyl (C=O) groups excluding carboxylic acids is 2. The number of nitrogens with two attached hydrogens (primary N) is 2. The molecule has 5 heteroatoms. The Bertz CT molecular complexity index is 229. The molecule has 0 aliphatic heterocycles. The second-order valence-electron chi connectivity index (χ2n) is 3.90. The van der Waals surface area contributed by atoms with Gasteiger partial charge in [0, 0.05) is 13.1 Å². The molecule has 0 saturated carbocycles. The van der Waals surface area contributed by atoms with E-state index < -0.39 is 5.91 Å². The Morgan fingerprint density at radius 2 is 1.87 bits per heavy atom. The predicted molar refractivity (Wildman–Crippen MR) is 58.8 cm³/mol. The third-order valence-electron chi connectivity index (χ3n) is 2.42. The monoisotopic (exact) mass is 215 g/mol. The first kappa shape index (κ1) is 13.9. The number of rotatable bonds is 6. The largest absolute Gasteiger partial charge is 0.368 e. The molecule has 1 atom stereocenters. The molecule has 0 fully saturated rings.